The highest BCUT2D eigenvalue weighted by molar-refractivity contribution is 5.89. The van der Waals surface area contributed by atoms with E-state index in [1.54, 1.807) is 7.05 Å². The number of nitrogens with two attached hydrogens (primary N) is 1. The van der Waals surface area contributed by atoms with Gasteiger partial charge in [0, 0.05) is 20.1 Å². The van der Waals surface area contributed by atoms with Gasteiger partial charge in [-0.2, -0.15) is 4.98 Å². The molecule has 1 saturated heterocycles. The Bertz CT molecular complexity index is 754. The summed E-state index contributed by atoms with van der Waals surface area (Å²) < 4.78 is 7.38. The van der Waals surface area contributed by atoms with Crippen LogP contribution in [0.3, 0.4) is 0 Å². The molecule has 0 spiro atoms. The van der Waals surface area contributed by atoms with Crippen LogP contribution in [0, 0.1) is 0 Å². The molecule has 1 aromatic heterocycles. The van der Waals surface area contributed by atoms with E-state index in [-0.39, 0.29) is 5.82 Å². The first-order chi connectivity index (χ1) is 13.1. The number of ether oxygens (including phenoxy) is 1. The molecule has 0 aliphatic carbocycles. The maximum absolute atomic E-state index is 11.1. The van der Waals surface area contributed by atoms with E-state index in [4.69, 9.17) is 10.5 Å². The monoisotopic (exact) mass is 372 g/mol. The lowest BCUT2D eigenvalue weighted by molar-refractivity contribution is 0.0990. The SMILES string of the molecule is Cn1nc(C(N)=O)nc1NCCCOc1cccc(CN2CCCCC2)c1. The van der Waals surface area contributed by atoms with Crippen LogP contribution in [-0.4, -0.2) is 51.8 Å². The van der Waals surface area contributed by atoms with Crippen LogP contribution in [0.1, 0.15) is 41.9 Å². The summed E-state index contributed by atoms with van der Waals surface area (Å²) in [5, 5.41) is 7.08. The van der Waals surface area contributed by atoms with Crippen LogP contribution >= 0.6 is 0 Å². The zero-order chi connectivity index (χ0) is 19.1. The Kier molecular flexibility index (Phi) is 6.64. The summed E-state index contributed by atoms with van der Waals surface area (Å²) in [5.74, 6) is 0.805. The van der Waals surface area contributed by atoms with Gasteiger partial charge in [0.05, 0.1) is 6.61 Å². The molecule has 0 atom stereocenters. The normalized spacial score (nSPS) is 14.9. The number of piperidine rings is 1. The largest absolute Gasteiger partial charge is 0.494 e. The molecule has 1 aliphatic rings. The Morgan fingerprint density at radius 2 is 2.11 bits per heavy atom. The van der Waals surface area contributed by atoms with Crippen molar-refractivity contribution in [2.45, 2.75) is 32.2 Å². The Hall–Kier alpha value is -2.61. The summed E-state index contributed by atoms with van der Waals surface area (Å²) in [6.07, 6.45) is 4.76. The molecule has 8 nitrogen and oxygen atoms in total. The first-order valence-electron chi connectivity index (χ1n) is 9.50. The van der Waals surface area contributed by atoms with E-state index in [0.29, 0.717) is 19.1 Å². The van der Waals surface area contributed by atoms with Gasteiger partial charge >= 0.3 is 0 Å². The lowest BCUT2D eigenvalue weighted by atomic mass is 10.1. The second-order valence-corrected chi connectivity index (χ2v) is 6.86. The van der Waals surface area contributed by atoms with Crippen LogP contribution in [0.25, 0.3) is 0 Å². The summed E-state index contributed by atoms with van der Waals surface area (Å²) in [5.41, 5.74) is 6.48. The molecule has 1 amide bonds. The lowest BCUT2D eigenvalue weighted by Crippen LogP contribution is -2.29. The van der Waals surface area contributed by atoms with Gasteiger partial charge in [-0.1, -0.05) is 18.6 Å². The van der Waals surface area contributed by atoms with Crippen molar-refractivity contribution in [3.05, 3.63) is 35.7 Å². The van der Waals surface area contributed by atoms with E-state index in [1.807, 2.05) is 6.07 Å². The third kappa shape index (κ3) is 5.68. The maximum Gasteiger partial charge on any atom is 0.288 e. The molecule has 0 saturated carbocycles. The van der Waals surface area contributed by atoms with Crippen molar-refractivity contribution >= 4 is 11.9 Å². The zero-order valence-electron chi connectivity index (χ0n) is 15.9. The molecule has 2 aromatic rings. The van der Waals surface area contributed by atoms with Crippen molar-refractivity contribution < 1.29 is 9.53 Å². The summed E-state index contributed by atoms with van der Waals surface area (Å²) in [6, 6.07) is 8.34. The highest BCUT2D eigenvalue weighted by atomic mass is 16.5. The van der Waals surface area contributed by atoms with Gasteiger partial charge in [0.25, 0.3) is 5.91 Å². The van der Waals surface area contributed by atoms with Crippen molar-refractivity contribution in [2.24, 2.45) is 12.8 Å². The molecule has 3 rings (SSSR count). The minimum atomic E-state index is -0.633. The van der Waals surface area contributed by atoms with Gasteiger partial charge in [-0.25, -0.2) is 4.68 Å². The highest BCUT2D eigenvalue weighted by Crippen LogP contribution is 2.17. The van der Waals surface area contributed by atoms with Crippen molar-refractivity contribution in [1.29, 1.82) is 0 Å². The molecule has 1 fully saturated rings. The minimum absolute atomic E-state index is 0.0155. The number of nitrogens with zero attached hydrogens (tertiary/aromatic N) is 4. The maximum atomic E-state index is 11.1. The molecule has 1 aliphatic heterocycles. The topological polar surface area (TPSA) is 98.3 Å². The van der Waals surface area contributed by atoms with Gasteiger partial charge < -0.3 is 15.8 Å². The fourth-order valence-corrected chi connectivity index (χ4v) is 3.21. The predicted octanol–water partition coefficient (Wildman–Crippen LogP) is 1.78. The van der Waals surface area contributed by atoms with E-state index < -0.39 is 5.91 Å². The summed E-state index contributed by atoms with van der Waals surface area (Å²) in [4.78, 5) is 17.6. The second-order valence-electron chi connectivity index (χ2n) is 6.86. The standard InChI is InChI=1S/C19H28N6O2/c1-24-19(22-18(23-24)17(20)26)21-9-6-12-27-16-8-5-7-15(13-16)14-25-10-3-2-4-11-25/h5,7-8,13H,2-4,6,9-12,14H2,1H3,(H2,20,26)(H,21,22,23). The molecule has 1 aromatic carbocycles. The van der Waals surface area contributed by atoms with Gasteiger partial charge in [0.15, 0.2) is 0 Å². The van der Waals surface area contributed by atoms with Gasteiger partial charge in [0.2, 0.25) is 11.8 Å². The van der Waals surface area contributed by atoms with E-state index in [0.717, 1.165) is 18.7 Å². The number of benzene rings is 1. The Morgan fingerprint density at radius 1 is 1.30 bits per heavy atom. The van der Waals surface area contributed by atoms with Crippen LogP contribution in [0.4, 0.5) is 5.95 Å². The third-order valence-corrected chi connectivity index (χ3v) is 4.61. The van der Waals surface area contributed by atoms with E-state index in [9.17, 15) is 4.79 Å². The zero-order valence-corrected chi connectivity index (χ0v) is 15.9. The van der Waals surface area contributed by atoms with Crippen LogP contribution in [0.2, 0.25) is 0 Å². The van der Waals surface area contributed by atoms with Crippen LogP contribution in [-0.2, 0) is 13.6 Å². The first kappa shape index (κ1) is 19.2. The average molecular weight is 372 g/mol. The van der Waals surface area contributed by atoms with Gasteiger partial charge in [-0.05, 0) is 50.0 Å². The van der Waals surface area contributed by atoms with Crippen molar-refractivity contribution in [1.82, 2.24) is 19.7 Å². The summed E-state index contributed by atoms with van der Waals surface area (Å²) in [6.45, 7) is 4.64. The van der Waals surface area contributed by atoms with Crippen LogP contribution in [0.5, 0.6) is 5.75 Å². The number of hydrogen-bond acceptors (Lipinski definition) is 6. The van der Waals surface area contributed by atoms with E-state index in [1.165, 1.54) is 42.6 Å². The number of rotatable bonds is 9. The molecule has 8 heteroatoms. The van der Waals surface area contributed by atoms with Crippen molar-refractivity contribution in [2.75, 3.05) is 31.6 Å². The summed E-state index contributed by atoms with van der Waals surface area (Å²) >= 11 is 0. The van der Waals surface area contributed by atoms with Crippen molar-refractivity contribution in [3.63, 3.8) is 0 Å². The quantitative estimate of drug-likeness (QED) is 0.651. The number of likely N-dealkylation sites (tertiary alicyclic amines) is 1. The molecule has 0 bridgehead atoms. The number of hydrogen-bond donors (Lipinski definition) is 2. The number of carbonyl (C=O) groups excluding carboxylic acids is 1. The summed E-state index contributed by atoms with van der Waals surface area (Å²) in [7, 11) is 1.71. The number of aromatic nitrogens is 3. The number of anilines is 1. The fourth-order valence-electron chi connectivity index (χ4n) is 3.21. The van der Waals surface area contributed by atoms with Gasteiger partial charge in [0.1, 0.15) is 5.75 Å². The molecule has 146 valence electrons. The lowest BCUT2D eigenvalue weighted by Gasteiger charge is -2.26. The Balaban J connectivity index is 1.40. The van der Waals surface area contributed by atoms with E-state index >= 15 is 0 Å². The molecule has 0 radical (unpaired) electrons. The molecule has 27 heavy (non-hydrogen) atoms. The Labute approximate surface area is 159 Å². The molecular weight excluding hydrogens is 344 g/mol. The van der Waals surface area contributed by atoms with E-state index in [2.05, 4.69) is 38.5 Å². The fraction of sp³-hybridized carbons (Fsp3) is 0.526. The Morgan fingerprint density at radius 3 is 2.85 bits per heavy atom. The molecule has 0 unspecified atom stereocenters. The first-order valence-corrected chi connectivity index (χ1v) is 9.50. The van der Waals surface area contributed by atoms with Crippen molar-refractivity contribution in [3.8, 4) is 5.75 Å². The number of primary amides is 1. The smallest absolute Gasteiger partial charge is 0.288 e. The molecule has 3 N–H and O–H groups in total. The number of amides is 1. The second kappa shape index (κ2) is 9.36. The van der Waals surface area contributed by atoms with Crippen LogP contribution in [0.15, 0.2) is 24.3 Å². The average Bonchev–Trinajstić information content (AvgIpc) is 3.04. The predicted molar refractivity (Wildman–Crippen MR) is 104 cm³/mol. The minimum Gasteiger partial charge on any atom is -0.494 e. The highest BCUT2D eigenvalue weighted by Gasteiger charge is 2.12. The molecular formula is C19H28N6O2. The van der Waals surface area contributed by atoms with Gasteiger partial charge in [-0.3, -0.25) is 9.69 Å². The number of aryl methyl sites for hydroxylation is 1. The molecule has 2 heterocycles. The number of carbonyl (C=O) groups is 1. The van der Waals surface area contributed by atoms with Gasteiger partial charge in [-0.15, -0.1) is 5.10 Å². The third-order valence-electron chi connectivity index (χ3n) is 4.61. The van der Waals surface area contributed by atoms with Crippen LogP contribution < -0.4 is 15.8 Å². The number of nitrogens with one attached hydrogen (secondary N) is 1.